The zero-order chi connectivity index (χ0) is 17.0. The number of ether oxygens (including phenoxy) is 1. The summed E-state index contributed by atoms with van der Waals surface area (Å²) in [6.07, 6.45) is 2.98. The molecule has 0 aromatic heterocycles. The van der Waals surface area contributed by atoms with E-state index in [0.29, 0.717) is 19.4 Å². The largest absolute Gasteiger partial charge is 0.496 e. The molecule has 0 saturated heterocycles. The highest BCUT2D eigenvalue weighted by Crippen LogP contribution is 2.29. The number of hydrogen-bond acceptors (Lipinski definition) is 3. The van der Waals surface area contributed by atoms with Gasteiger partial charge in [0, 0.05) is 19.0 Å². The summed E-state index contributed by atoms with van der Waals surface area (Å²) in [6.45, 7) is 1.94. The summed E-state index contributed by atoms with van der Waals surface area (Å²) < 4.78 is 6.06. The summed E-state index contributed by atoms with van der Waals surface area (Å²) in [5.74, 6) is -0.597. The Balaban J connectivity index is 1.94. The lowest BCUT2D eigenvalue weighted by Gasteiger charge is -2.24. The van der Waals surface area contributed by atoms with Gasteiger partial charge in [0.1, 0.15) is 5.75 Å². The van der Waals surface area contributed by atoms with Crippen LogP contribution in [0.2, 0.25) is 0 Å². The van der Waals surface area contributed by atoms with Gasteiger partial charge in [-0.2, -0.15) is 0 Å². The van der Waals surface area contributed by atoms with Crippen LogP contribution in [0, 0.1) is 5.92 Å². The second-order valence-electron chi connectivity index (χ2n) is 5.99. The molecule has 1 fully saturated rings. The van der Waals surface area contributed by atoms with Gasteiger partial charge >= 0.3 is 5.97 Å². The van der Waals surface area contributed by atoms with Crippen LogP contribution in [0.4, 0.5) is 0 Å². The number of carbonyl (C=O) groups excluding carboxylic acids is 1. The van der Waals surface area contributed by atoms with Crippen molar-refractivity contribution in [1.29, 1.82) is 0 Å². The summed E-state index contributed by atoms with van der Waals surface area (Å²) in [4.78, 5) is 25.2. The monoisotopic (exact) mass is 383 g/mol. The van der Waals surface area contributed by atoms with Crippen LogP contribution in [-0.2, 0) is 16.0 Å². The molecule has 126 valence electrons. The third-order valence-corrected chi connectivity index (χ3v) is 4.66. The van der Waals surface area contributed by atoms with Crippen LogP contribution >= 0.6 is 15.9 Å². The topological polar surface area (TPSA) is 66.8 Å². The summed E-state index contributed by atoms with van der Waals surface area (Å²) in [6, 6.07) is 5.99. The maximum Gasteiger partial charge on any atom is 0.308 e. The number of halogens is 1. The van der Waals surface area contributed by atoms with Crippen LogP contribution in [0.15, 0.2) is 22.7 Å². The highest BCUT2D eigenvalue weighted by atomic mass is 79.9. The Hall–Kier alpha value is -1.56. The Morgan fingerprint density at radius 2 is 2.13 bits per heavy atom. The van der Waals surface area contributed by atoms with Crippen molar-refractivity contribution in [3.8, 4) is 5.75 Å². The second kappa shape index (κ2) is 7.81. The van der Waals surface area contributed by atoms with Gasteiger partial charge in [-0.25, -0.2) is 0 Å². The molecule has 0 bridgehead atoms. The number of amides is 1. The van der Waals surface area contributed by atoms with E-state index in [9.17, 15) is 9.59 Å². The first kappa shape index (κ1) is 17.8. The number of aryl methyl sites for hydroxylation is 1. The van der Waals surface area contributed by atoms with Crippen LogP contribution in [-0.4, -0.2) is 41.6 Å². The molecule has 1 aromatic rings. The van der Waals surface area contributed by atoms with Crippen LogP contribution < -0.4 is 4.74 Å². The minimum atomic E-state index is -0.859. The van der Waals surface area contributed by atoms with Crippen molar-refractivity contribution >= 4 is 27.8 Å². The lowest BCUT2D eigenvalue weighted by atomic mass is 10.1. The molecule has 0 spiro atoms. The first-order valence-electron chi connectivity index (χ1n) is 7.77. The normalized spacial score (nSPS) is 15.1. The molecule has 1 atom stereocenters. The predicted octanol–water partition coefficient (Wildman–Crippen LogP) is 3.10. The third-order valence-electron chi connectivity index (χ3n) is 4.04. The van der Waals surface area contributed by atoms with E-state index in [1.165, 1.54) is 0 Å². The molecule has 1 aliphatic rings. The van der Waals surface area contributed by atoms with E-state index in [1.807, 2.05) is 18.2 Å². The number of methoxy groups -OCH3 is 1. The summed E-state index contributed by atoms with van der Waals surface area (Å²) in [5.41, 5.74) is 1.05. The number of carbonyl (C=O) groups is 2. The van der Waals surface area contributed by atoms with E-state index >= 15 is 0 Å². The molecule has 1 saturated carbocycles. The fourth-order valence-electron chi connectivity index (χ4n) is 2.47. The smallest absolute Gasteiger partial charge is 0.308 e. The summed E-state index contributed by atoms with van der Waals surface area (Å²) >= 11 is 3.44. The number of hydrogen-bond donors (Lipinski definition) is 1. The van der Waals surface area contributed by atoms with Crippen LogP contribution in [0.25, 0.3) is 0 Å². The van der Waals surface area contributed by atoms with Crippen molar-refractivity contribution < 1.29 is 19.4 Å². The molecule has 2 rings (SSSR count). The third kappa shape index (κ3) is 4.96. The van der Waals surface area contributed by atoms with Crippen molar-refractivity contribution in [1.82, 2.24) is 4.90 Å². The first-order chi connectivity index (χ1) is 10.9. The minimum absolute atomic E-state index is 0.0348. The zero-order valence-electron chi connectivity index (χ0n) is 13.4. The number of aliphatic carboxylic acids is 1. The summed E-state index contributed by atoms with van der Waals surface area (Å²) in [7, 11) is 1.61. The van der Waals surface area contributed by atoms with Crippen molar-refractivity contribution in [2.24, 2.45) is 5.92 Å². The quantitative estimate of drug-likeness (QED) is 0.748. The molecule has 1 aliphatic carbocycles. The molecule has 1 unspecified atom stereocenters. The SMILES string of the molecule is COc1ccc(CCC(=O)N(CC(C)C(=O)O)C2CC2)cc1Br. The van der Waals surface area contributed by atoms with Gasteiger partial charge < -0.3 is 14.7 Å². The standard InChI is InChI=1S/C17H22BrNO4/c1-11(17(21)22)10-19(13-5-6-13)16(20)8-4-12-3-7-15(23-2)14(18)9-12/h3,7,9,11,13H,4-6,8,10H2,1-2H3,(H,21,22). The van der Waals surface area contributed by atoms with E-state index < -0.39 is 11.9 Å². The molecule has 1 amide bonds. The highest BCUT2D eigenvalue weighted by molar-refractivity contribution is 9.10. The van der Waals surface area contributed by atoms with Gasteiger partial charge in [0.15, 0.2) is 0 Å². The maximum atomic E-state index is 12.5. The fourth-order valence-corrected chi connectivity index (χ4v) is 3.06. The van der Waals surface area contributed by atoms with Crippen molar-refractivity contribution in [3.05, 3.63) is 28.2 Å². The molecular formula is C17H22BrNO4. The molecule has 0 radical (unpaired) electrons. The number of nitrogens with zero attached hydrogens (tertiary/aromatic N) is 1. The fraction of sp³-hybridized carbons (Fsp3) is 0.529. The maximum absolute atomic E-state index is 12.5. The molecule has 1 aromatic carbocycles. The lowest BCUT2D eigenvalue weighted by Crippen LogP contribution is -2.38. The number of carboxylic acids is 1. The predicted molar refractivity (Wildman–Crippen MR) is 90.5 cm³/mol. The summed E-state index contributed by atoms with van der Waals surface area (Å²) in [5, 5.41) is 9.05. The zero-order valence-corrected chi connectivity index (χ0v) is 15.0. The average Bonchev–Trinajstić information content (AvgIpc) is 3.34. The number of rotatable bonds is 8. The lowest BCUT2D eigenvalue weighted by molar-refractivity contribution is -0.143. The van der Waals surface area contributed by atoms with Crippen molar-refractivity contribution in [2.45, 2.75) is 38.6 Å². The van der Waals surface area contributed by atoms with Gasteiger partial charge in [0.25, 0.3) is 0 Å². The molecule has 5 nitrogen and oxygen atoms in total. The number of benzene rings is 1. The van der Waals surface area contributed by atoms with Gasteiger partial charge in [-0.3, -0.25) is 9.59 Å². The van der Waals surface area contributed by atoms with Crippen molar-refractivity contribution in [3.63, 3.8) is 0 Å². The Morgan fingerprint density at radius 1 is 1.43 bits per heavy atom. The molecule has 23 heavy (non-hydrogen) atoms. The van der Waals surface area contributed by atoms with E-state index in [2.05, 4.69) is 15.9 Å². The Bertz CT molecular complexity index is 586. The minimum Gasteiger partial charge on any atom is -0.496 e. The van der Waals surface area contributed by atoms with E-state index in [-0.39, 0.29) is 11.9 Å². The van der Waals surface area contributed by atoms with Crippen LogP contribution in [0.5, 0.6) is 5.75 Å². The van der Waals surface area contributed by atoms with Crippen molar-refractivity contribution in [2.75, 3.05) is 13.7 Å². The van der Waals surface area contributed by atoms with Crippen LogP contribution in [0.1, 0.15) is 31.7 Å². The Morgan fingerprint density at radius 3 is 2.65 bits per heavy atom. The van der Waals surface area contributed by atoms with E-state index in [1.54, 1.807) is 18.9 Å². The number of carboxylic acid groups (broad SMARTS) is 1. The first-order valence-corrected chi connectivity index (χ1v) is 8.56. The van der Waals surface area contributed by atoms with Gasteiger partial charge in [-0.05, 0) is 52.9 Å². The van der Waals surface area contributed by atoms with E-state index in [4.69, 9.17) is 9.84 Å². The van der Waals surface area contributed by atoms with Gasteiger partial charge in [-0.1, -0.05) is 13.0 Å². The molecule has 0 heterocycles. The second-order valence-corrected chi connectivity index (χ2v) is 6.84. The molecule has 0 aliphatic heterocycles. The van der Waals surface area contributed by atoms with Gasteiger partial charge in [0.05, 0.1) is 17.5 Å². The average molecular weight is 384 g/mol. The molecular weight excluding hydrogens is 362 g/mol. The highest BCUT2D eigenvalue weighted by Gasteiger charge is 2.34. The van der Waals surface area contributed by atoms with Gasteiger partial charge in [0.2, 0.25) is 5.91 Å². The van der Waals surface area contributed by atoms with Crippen LogP contribution in [0.3, 0.4) is 0 Å². The Labute approximate surface area is 144 Å². The van der Waals surface area contributed by atoms with Gasteiger partial charge in [-0.15, -0.1) is 0 Å². The molecule has 1 N–H and O–H groups in total. The van der Waals surface area contributed by atoms with E-state index in [0.717, 1.165) is 28.6 Å². The molecule has 6 heteroatoms. The Kier molecular flexibility index (Phi) is 6.04.